The molecule has 1 aliphatic carbocycles. The zero-order valence-corrected chi connectivity index (χ0v) is 19.6. The summed E-state index contributed by atoms with van der Waals surface area (Å²) in [4.78, 5) is 0. The van der Waals surface area contributed by atoms with Crippen molar-refractivity contribution in [2.24, 2.45) is 0 Å². The molecule has 1 saturated carbocycles. The van der Waals surface area contributed by atoms with Crippen LogP contribution in [0.2, 0.25) is 0 Å². The van der Waals surface area contributed by atoms with Crippen molar-refractivity contribution in [2.45, 2.75) is 89.1 Å². The van der Waals surface area contributed by atoms with E-state index in [0.717, 1.165) is 39.3 Å². The molecule has 0 bridgehead atoms. The van der Waals surface area contributed by atoms with E-state index in [0.29, 0.717) is 6.04 Å². The van der Waals surface area contributed by atoms with Gasteiger partial charge in [0.15, 0.2) is 11.0 Å². The lowest BCUT2D eigenvalue weighted by Crippen LogP contribution is -2.15. The largest absolute Gasteiger partial charge is 0.361 e. The first-order valence-electron chi connectivity index (χ1n) is 10.9. The maximum Gasteiger partial charge on any atom is 0.192 e. The van der Waals surface area contributed by atoms with E-state index in [-0.39, 0.29) is 5.41 Å². The quantitative estimate of drug-likeness (QED) is 0.429. The number of nitrogens with zero attached hydrogens (tertiary/aromatic N) is 4. The normalized spacial score (nSPS) is 15.6. The first-order chi connectivity index (χ1) is 14.3. The average Bonchev–Trinajstić information content (AvgIpc) is 3.29. The molecule has 1 fully saturated rings. The van der Waals surface area contributed by atoms with Crippen LogP contribution in [0.4, 0.5) is 0 Å². The summed E-state index contributed by atoms with van der Waals surface area (Å²) in [6.45, 7) is 10.7. The van der Waals surface area contributed by atoms with Gasteiger partial charge in [0.1, 0.15) is 5.76 Å². The van der Waals surface area contributed by atoms with Gasteiger partial charge in [0.2, 0.25) is 0 Å². The van der Waals surface area contributed by atoms with Crippen LogP contribution < -0.4 is 0 Å². The van der Waals surface area contributed by atoms with E-state index in [1.807, 2.05) is 13.8 Å². The van der Waals surface area contributed by atoms with Gasteiger partial charge in [0.25, 0.3) is 0 Å². The van der Waals surface area contributed by atoms with Crippen LogP contribution in [-0.4, -0.2) is 19.9 Å². The Balaban J connectivity index is 1.66. The van der Waals surface area contributed by atoms with Gasteiger partial charge in [-0.3, -0.25) is 4.57 Å². The van der Waals surface area contributed by atoms with Crippen LogP contribution in [0.1, 0.15) is 81.5 Å². The van der Waals surface area contributed by atoms with Crippen molar-refractivity contribution in [1.29, 1.82) is 0 Å². The Bertz CT molecular complexity index is 972. The Morgan fingerprint density at radius 1 is 1.03 bits per heavy atom. The highest BCUT2D eigenvalue weighted by atomic mass is 32.2. The smallest absolute Gasteiger partial charge is 0.192 e. The molecular weight excluding hydrogens is 392 g/mol. The maximum atomic E-state index is 5.34. The summed E-state index contributed by atoms with van der Waals surface area (Å²) < 4.78 is 7.73. The average molecular weight is 425 g/mol. The Morgan fingerprint density at radius 2 is 1.73 bits per heavy atom. The van der Waals surface area contributed by atoms with Crippen molar-refractivity contribution in [3.63, 3.8) is 0 Å². The Kier molecular flexibility index (Phi) is 6.05. The number of rotatable bonds is 5. The monoisotopic (exact) mass is 424 g/mol. The summed E-state index contributed by atoms with van der Waals surface area (Å²) in [5.74, 6) is 2.68. The number of benzene rings is 1. The molecule has 0 unspecified atom stereocenters. The van der Waals surface area contributed by atoms with Crippen molar-refractivity contribution in [1.82, 2.24) is 19.9 Å². The van der Waals surface area contributed by atoms with Crippen molar-refractivity contribution >= 4 is 11.8 Å². The zero-order chi connectivity index (χ0) is 21.3. The molecule has 0 atom stereocenters. The highest BCUT2D eigenvalue weighted by Crippen LogP contribution is 2.37. The highest BCUT2D eigenvalue weighted by molar-refractivity contribution is 7.98. The Morgan fingerprint density at radius 3 is 2.33 bits per heavy atom. The second-order valence-electron chi connectivity index (χ2n) is 9.39. The van der Waals surface area contributed by atoms with Gasteiger partial charge in [-0.25, -0.2) is 0 Å². The van der Waals surface area contributed by atoms with Crippen LogP contribution >= 0.6 is 11.8 Å². The first-order valence-corrected chi connectivity index (χ1v) is 11.9. The Labute approximate surface area is 183 Å². The molecule has 1 aliphatic rings. The van der Waals surface area contributed by atoms with Crippen LogP contribution in [0.3, 0.4) is 0 Å². The first kappa shape index (κ1) is 21.2. The summed E-state index contributed by atoms with van der Waals surface area (Å²) in [6.07, 6.45) is 6.28. The minimum atomic E-state index is 0.144. The molecule has 0 aliphatic heterocycles. The predicted octanol–water partition coefficient (Wildman–Crippen LogP) is 6.64. The summed E-state index contributed by atoms with van der Waals surface area (Å²) in [5.41, 5.74) is 4.74. The van der Waals surface area contributed by atoms with Gasteiger partial charge in [0, 0.05) is 22.9 Å². The molecule has 1 aromatic carbocycles. The van der Waals surface area contributed by atoms with E-state index in [1.54, 1.807) is 11.8 Å². The molecule has 3 aromatic rings. The maximum absolute atomic E-state index is 5.34. The molecule has 5 nitrogen and oxygen atoms in total. The minimum Gasteiger partial charge on any atom is -0.361 e. The van der Waals surface area contributed by atoms with Crippen LogP contribution in [0.15, 0.2) is 33.9 Å². The Hall–Kier alpha value is -2.08. The second kappa shape index (κ2) is 8.58. The SMILES string of the molecule is Cc1noc(C)c1CSc1nnc(-c2ccc(C(C)(C)C)cc2)n1C1CCCCC1. The standard InChI is InChI=1S/C24H32N4OS/c1-16-21(17(2)29-27-16)15-30-23-26-25-22(28(23)20-9-7-6-8-10-20)18-11-13-19(14-12-18)24(3,4)5/h11-14,20H,6-10,15H2,1-5H3. The zero-order valence-electron chi connectivity index (χ0n) is 18.7. The lowest BCUT2D eigenvalue weighted by molar-refractivity contribution is 0.339. The predicted molar refractivity (Wildman–Crippen MR) is 122 cm³/mol. The van der Waals surface area contributed by atoms with Crippen molar-refractivity contribution in [3.8, 4) is 11.4 Å². The van der Waals surface area contributed by atoms with E-state index >= 15 is 0 Å². The molecule has 30 heavy (non-hydrogen) atoms. The fourth-order valence-electron chi connectivity index (χ4n) is 4.20. The fraction of sp³-hybridized carbons (Fsp3) is 0.542. The third-order valence-corrected chi connectivity index (χ3v) is 7.11. The molecule has 0 spiro atoms. The second-order valence-corrected chi connectivity index (χ2v) is 10.3. The summed E-state index contributed by atoms with van der Waals surface area (Å²) >= 11 is 1.74. The van der Waals surface area contributed by atoms with Gasteiger partial charge in [-0.05, 0) is 37.7 Å². The summed E-state index contributed by atoms with van der Waals surface area (Å²) in [6, 6.07) is 9.33. The third-order valence-electron chi connectivity index (χ3n) is 6.14. The van der Waals surface area contributed by atoms with Crippen molar-refractivity contribution < 1.29 is 4.52 Å². The van der Waals surface area contributed by atoms with E-state index in [1.165, 1.54) is 37.7 Å². The van der Waals surface area contributed by atoms with E-state index in [2.05, 4.69) is 65.0 Å². The molecule has 0 amide bonds. The highest BCUT2D eigenvalue weighted by Gasteiger charge is 2.25. The van der Waals surface area contributed by atoms with Crippen LogP contribution in [-0.2, 0) is 11.2 Å². The minimum absolute atomic E-state index is 0.144. The molecule has 160 valence electrons. The lowest BCUT2D eigenvalue weighted by atomic mass is 9.86. The number of hydrogen-bond acceptors (Lipinski definition) is 5. The van der Waals surface area contributed by atoms with E-state index in [4.69, 9.17) is 4.52 Å². The number of hydrogen-bond donors (Lipinski definition) is 0. The summed E-state index contributed by atoms with van der Waals surface area (Å²) in [5, 5.41) is 14.4. The topological polar surface area (TPSA) is 56.7 Å². The molecular formula is C24H32N4OS. The van der Waals surface area contributed by atoms with Gasteiger partial charge in [0.05, 0.1) is 5.69 Å². The molecule has 6 heteroatoms. The fourth-order valence-corrected chi connectivity index (χ4v) is 5.36. The van der Waals surface area contributed by atoms with E-state index < -0.39 is 0 Å². The third kappa shape index (κ3) is 4.34. The van der Waals surface area contributed by atoms with E-state index in [9.17, 15) is 0 Å². The van der Waals surface area contributed by atoms with Gasteiger partial charge < -0.3 is 4.52 Å². The van der Waals surface area contributed by atoms with Crippen molar-refractivity contribution in [3.05, 3.63) is 46.8 Å². The molecule has 2 aromatic heterocycles. The number of aryl methyl sites for hydroxylation is 2. The van der Waals surface area contributed by atoms with Crippen molar-refractivity contribution in [2.75, 3.05) is 0 Å². The lowest BCUT2D eigenvalue weighted by Gasteiger charge is -2.26. The van der Waals surface area contributed by atoms with Gasteiger partial charge in [-0.15, -0.1) is 10.2 Å². The molecule has 0 radical (unpaired) electrons. The number of aromatic nitrogens is 4. The number of thioether (sulfide) groups is 1. The summed E-state index contributed by atoms with van der Waals surface area (Å²) in [7, 11) is 0. The van der Waals surface area contributed by atoms with Crippen LogP contribution in [0.25, 0.3) is 11.4 Å². The molecule has 4 rings (SSSR count). The molecule has 0 saturated heterocycles. The van der Waals surface area contributed by atoms with Crippen LogP contribution in [0.5, 0.6) is 0 Å². The van der Waals surface area contributed by atoms with Gasteiger partial charge in [-0.1, -0.05) is 81.2 Å². The molecule has 2 heterocycles. The van der Waals surface area contributed by atoms with Gasteiger partial charge >= 0.3 is 0 Å². The van der Waals surface area contributed by atoms with Gasteiger partial charge in [-0.2, -0.15) is 0 Å². The molecule has 0 N–H and O–H groups in total. The van der Waals surface area contributed by atoms with Crippen LogP contribution in [0, 0.1) is 13.8 Å².